The Hall–Kier alpha value is -2.61. The van der Waals surface area contributed by atoms with E-state index in [0.29, 0.717) is 37.9 Å². The van der Waals surface area contributed by atoms with Crippen molar-refractivity contribution in [3.8, 4) is 0 Å². The Bertz CT molecular complexity index is 742. The minimum absolute atomic E-state index is 0.0652. The summed E-state index contributed by atoms with van der Waals surface area (Å²) in [4.78, 5) is 26.8. The van der Waals surface area contributed by atoms with Gasteiger partial charge in [0.15, 0.2) is 5.82 Å². The molecule has 0 unspecified atom stereocenters. The van der Waals surface area contributed by atoms with Gasteiger partial charge in [-0.25, -0.2) is 14.4 Å². The molecule has 3 atom stereocenters. The molecule has 0 aliphatic carbocycles. The maximum absolute atomic E-state index is 13.0. The molecule has 2 fully saturated rings. The lowest BCUT2D eigenvalue weighted by Crippen LogP contribution is -2.41. The summed E-state index contributed by atoms with van der Waals surface area (Å²) < 4.78 is 18.7. The second kappa shape index (κ2) is 6.72. The highest BCUT2D eigenvalue weighted by Gasteiger charge is 2.44. The van der Waals surface area contributed by atoms with Crippen molar-refractivity contribution in [1.82, 2.24) is 15.0 Å². The number of halogens is 1. The summed E-state index contributed by atoms with van der Waals surface area (Å²) in [7, 11) is 0. The average molecular weight is 343 g/mol. The molecular formula is C17H18FN5O2. The summed E-state index contributed by atoms with van der Waals surface area (Å²) in [5.74, 6) is 0.0970. The van der Waals surface area contributed by atoms with Crippen LogP contribution in [0.1, 0.15) is 0 Å². The van der Waals surface area contributed by atoms with Crippen molar-refractivity contribution < 1.29 is 13.9 Å². The number of hydrogen-bond donors (Lipinski definition) is 1. The molecule has 25 heavy (non-hydrogen) atoms. The first-order chi connectivity index (χ1) is 12.2. The highest BCUT2D eigenvalue weighted by Crippen LogP contribution is 2.35. The molecule has 2 aromatic heterocycles. The second-order valence-electron chi connectivity index (χ2n) is 6.41. The lowest BCUT2D eigenvalue weighted by Gasteiger charge is -2.31. The van der Waals surface area contributed by atoms with Gasteiger partial charge in [-0.1, -0.05) is 0 Å². The van der Waals surface area contributed by atoms with E-state index >= 15 is 0 Å². The van der Waals surface area contributed by atoms with Gasteiger partial charge in [0.2, 0.25) is 11.9 Å². The molecule has 0 radical (unpaired) electrons. The second-order valence-corrected chi connectivity index (χ2v) is 6.41. The van der Waals surface area contributed by atoms with Gasteiger partial charge in [0.05, 0.1) is 43.4 Å². The number of ether oxygens (including phenoxy) is 1. The number of carbonyl (C=O) groups is 1. The van der Waals surface area contributed by atoms with E-state index in [-0.39, 0.29) is 23.7 Å². The number of anilines is 2. The molecule has 1 amide bonds. The molecule has 2 aliphatic rings. The highest BCUT2D eigenvalue weighted by atomic mass is 19.1. The maximum Gasteiger partial charge on any atom is 0.230 e. The first kappa shape index (κ1) is 15.9. The fraction of sp³-hybridized carbons (Fsp3) is 0.412. The normalized spacial score (nSPS) is 25.5. The fourth-order valence-electron chi connectivity index (χ4n) is 3.57. The number of hydrogen-bond acceptors (Lipinski definition) is 6. The molecule has 4 rings (SSSR count). The molecule has 130 valence electrons. The number of amides is 1. The number of nitrogens with zero attached hydrogens (tertiary/aromatic N) is 4. The SMILES string of the molecule is O=C(Nc1cccnc1)[C@@H]1COC[C@H]2CN(c3ncc(F)cn3)C[C@H]21. The van der Waals surface area contributed by atoms with Crippen molar-refractivity contribution >= 4 is 17.5 Å². The lowest BCUT2D eigenvalue weighted by atomic mass is 9.82. The molecule has 0 saturated carbocycles. The third-order valence-corrected chi connectivity index (χ3v) is 4.79. The van der Waals surface area contributed by atoms with Crippen molar-refractivity contribution in [2.45, 2.75) is 0 Å². The topological polar surface area (TPSA) is 80.2 Å². The van der Waals surface area contributed by atoms with E-state index in [0.717, 1.165) is 12.4 Å². The van der Waals surface area contributed by atoms with Crippen LogP contribution >= 0.6 is 0 Å². The maximum atomic E-state index is 13.0. The summed E-state index contributed by atoms with van der Waals surface area (Å²) in [6.07, 6.45) is 5.60. The van der Waals surface area contributed by atoms with E-state index in [1.807, 2.05) is 4.90 Å². The van der Waals surface area contributed by atoms with Gasteiger partial charge < -0.3 is 15.0 Å². The first-order valence-electron chi connectivity index (χ1n) is 8.22. The number of pyridine rings is 1. The molecule has 7 nitrogen and oxygen atoms in total. The van der Waals surface area contributed by atoms with Crippen LogP contribution in [0.15, 0.2) is 36.9 Å². The van der Waals surface area contributed by atoms with Gasteiger partial charge in [-0.05, 0) is 18.1 Å². The van der Waals surface area contributed by atoms with Crippen LogP contribution < -0.4 is 10.2 Å². The summed E-state index contributed by atoms with van der Waals surface area (Å²) in [5, 5.41) is 2.91. The van der Waals surface area contributed by atoms with Crippen LogP contribution in [-0.4, -0.2) is 47.2 Å². The van der Waals surface area contributed by atoms with Crippen LogP contribution in [0.5, 0.6) is 0 Å². The Morgan fingerprint density at radius 3 is 2.84 bits per heavy atom. The van der Waals surface area contributed by atoms with E-state index in [9.17, 15) is 9.18 Å². The number of nitrogens with one attached hydrogen (secondary N) is 1. The Balaban J connectivity index is 1.47. The molecule has 2 saturated heterocycles. The molecule has 4 heterocycles. The van der Waals surface area contributed by atoms with E-state index in [4.69, 9.17) is 4.74 Å². The minimum atomic E-state index is -0.461. The van der Waals surface area contributed by atoms with E-state index in [1.54, 1.807) is 24.5 Å². The molecule has 0 bridgehead atoms. The van der Waals surface area contributed by atoms with Crippen molar-refractivity contribution in [2.75, 3.05) is 36.5 Å². The van der Waals surface area contributed by atoms with Crippen LogP contribution in [0.2, 0.25) is 0 Å². The molecule has 0 aromatic carbocycles. The van der Waals surface area contributed by atoms with Crippen LogP contribution in [0.3, 0.4) is 0 Å². The predicted molar refractivity (Wildman–Crippen MR) is 88.4 cm³/mol. The molecule has 2 aliphatic heterocycles. The zero-order valence-corrected chi connectivity index (χ0v) is 13.5. The van der Waals surface area contributed by atoms with Crippen molar-refractivity contribution in [2.24, 2.45) is 17.8 Å². The Labute approximate surface area is 144 Å². The molecule has 2 aromatic rings. The average Bonchev–Trinajstić information content (AvgIpc) is 3.07. The van der Waals surface area contributed by atoms with E-state index in [2.05, 4.69) is 20.3 Å². The highest BCUT2D eigenvalue weighted by molar-refractivity contribution is 5.92. The number of rotatable bonds is 3. The van der Waals surface area contributed by atoms with Crippen LogP contribution in [0.4, 0.5) is 16.0 Å². The number of aromatic nitrogens is 3. The van der Waals surface area contributed by atoms with Gasteiger partial charge in [-0.15, -0.1) is 0 Å². The largest absolute Gasteiger partial charge is 0.380 e. The Morgan fingerprint density at radius 2 is 2.08 bits per heavy atom. The summed E-state index contributed by atoms with van der Waals surface area (Å²) in [6, 6.07) is 3.58. The van der Waals surface area contributed by atoms with Crippen LogP contribution in [0, 0.1) is 23.6 Å². The predicted octanol–water partition coefficient (Wildman–Crippen LogP) is 1.35. The zero-order valence-electron chi connectivity index (χ0n) is 13.5. The molecule has 0 spiro atoms. The van der Waals surface area contributed by atoms with E-state index in [1.165, 1.54) is 0 Å². The van der Waals surface area contributed by atoms with Gasteiger partial charge >= 0.3 is 0 Å². The van der Waals surface area contributed by atoms with Gasteiger partial charge in [-0.2, -0.15) is 0 Å². The fourth-order valence-corrected chi connectivity index (χ4v) is 3.57. The minimum Gasteiger partial charge on any atom is -0.380 e. The standard InChI is InChI=1S/C17H18FN5O2/c18-12-4-20-17(21-5-12)23-7-11-9-25-10-15(14(11)8-23)16(24)22-13-2-1-3-19-6-13/h1-6,11,14-15H,7-10H2,(H,22,24)/t11-,14-,15-/m1/s1. The third kappa shape index (κ3) is 3.30. The summed E-state index contributed by atoms with van der Waals surface area (Å²) in [5.41, 5.74) is 0.673. The van der Waals surface area contributed by atoms with Gasteiger partial charge in [0.25, 0.3) is 0 Å². The quantitative estimate of drug-likeness (QED) is 0.906. The van der Waals surface area contributed by atoms with Crippen molar-refractivity contribution in [3.05, 3.63) is 42.7 Å². The van der Waals surface area contributed by atoms with E-state index < -0.39 is 5.82 Å². The molecule has 1 N–H and O–H groups in total. The van der Waals surface area contributed by atoms with Gasteiger partial charge in [0, 0.05) is 25.2 Å². The lowest BCUT2D eigenvalue weighted by molar-refractivity contribution is -0.128. The van der Waals surface area contributed by atoms with Gasteiger partial charge in [-0.3, -0.25) is 9.78 Å². The molecular weight excluding hydrogens is 325 g/mol. The zero-order chi connectivity index (χ0) is 17.2. The summed E-state index contributed by atoms with van der Waals surface area (Å²) >= 11 is 0. The van der Waals surface area contributed by atoms with Crippen molar-refractivity contribution in [3.63, 3.8) is 0 Å². The summed E-state index contributed by atoms with van der Waals surface area (Å²) in [6.45, 7) is 2.36. The Morgan fingerprint density at radius 1 is 1.24 bits per heavy atom. The van der Waals surface area contributed by atoms with Crippen molar-refractivity contribution in [1.29, 1.82) is 0 Å². The van der Waals surface area contributed by atoms with Crippen LogP contribution in [-0.2, 0) is 9.53 Å². The Kier molecular flexibility index (Phi) is 4.27. The smallest absolute Gasteiger partial charge is 0.230 e. The monoisotopic (exact) mass is 343 g/mol. The molecule has 8 heteroatoms. The first-order valence-corrected chi connectivity index (χ1v) is 8.22. The van der Waals surface area contributed by atoms with Gasteiger partial charge in [0.1, 0.15) is 0 Å². The number of carbonyl (C=O) groups excluding carboxylic acids is 1. The number of fused-ring (bicyclic) bond motifs is 1. The third-order valence-electron chi connectivity index (χ3n) is 4.79. The van der Waals surface area contributed by atoms with Crippen LogP contribution in [0.25, 0.3) is 0 Å².